The standard InChI is InChI=1S/C8H9F3N2O2S/c1-12(5-8(9,10)11)3-6-2-7(13(14)15)16-4-6/h2,4H,3,5H2,1H3. The van der Waals surface area contributed by atoms with Crippen LogP contribution in [-0.4, -0.2) is 29.6 Å². The van der Waals surface area contributed by atoms with Gasteiger partial charge in [-0.3, -0.25) is 15.0 Å². The van der Waals surface area contributed by atoms with Crippen LogP contribution in [0.15, 0.2) is 11.4 Å². The Kier molecular flexibility index (Phi) is 3.87. The van der Waals surface area contributed by atoms with Crippen LogP contribution in [0, 0.1) is 10.1 Å². The van der Waals surface area contributed by atoms with Crippen molar-refractivity contribution in [2.75, 3.05) is 13.6 Å². The molecule has 0 saturated carbocycles. The third kappa shape index (κ3) is 4.15. The molecule has 0 bridgehead atoms. The van der Waals surface area contributed by atoms with E-state index in [1.807, 2.05) is 0 Å². The molecule has 0 unspecified atom stereocenters. The van der Waals surface area contributed by atoms with Gasteiger partial charge >= 0.3 is 11.2 Å². The zero-order chi connectivity index (χ0) is 12.3. The Morgan fingerprint density at radius 2 is 2.19 bits per heavy atom. The third-order valence-electron chi connectivity index (χ3n) is 1.72. The van der Waals surface area contributed by atoms with Gasteiger partial charge in [0, 0.05) is 18.0 Å². The second-order valence-corrected chi connectivity index (χ2v) is 4.23. The number of hydrogen-bond acceptors (Lipinski definition) is 4. The van der Waals surface area contributed by atoms with Crippen molar-refractivity contribution in [2.24, 2.45) is 0 Å². The molecule has 0 N–H and O–H groups in total. The first-order valence-corrected chi connectivity index (χ1v) is 5.13. The zero-order valence-corrected chi connectivity index (χ0v) is 9.14. The SMILES string of the molecule is CN(Cc1csc([N+](=O)[O-])c1)CC(F)(F)F. The lowest BCUT2D eigenvalue weighted by atomic mass is 10.3. The normalized spacial score (nSPS) is 12.1. The van der Waals surface area contributed by atoms with Crippen LogP contribution in [0.25, 0.3) is 0 Å². The molecule has 0 aliphatic heterocycles. The molecule has 90 valence electrons. The van der Waals surface area contributed by atoms with Crippen molar-refractivity contribution < 1.29 is 18.1 Å². The third-order valence-corrected chi connectivity index (χ3v) is 2.65. The summed E-state index contributed by atoms with van der Waals surface area (Å²) in [6, 6.07) is 1.29. The maximum absolute atomic E-state index is 12.0. The van der Waals surface area contributed by atoms with E-state index < -0.39 is 17.6 Å². The molecule has 1 aromatic heterocycles. The van der Waals surface area contributed by atoms with Crippen LogP contribution in [0.5, 0.6) is 0 Å². The van der Waals surface area contributed by atoms with Crippen molar-refractivity contribution in [3.8, 4) is 0 Å². The van der Waals surface area contributed by atoms with Gasteiger partial charge in [-0.05, 0) is 12.6 Å². The molecule has 0 aliphatic rings. The van der Waals surface area contributed by atoms with E-state index in [1.54, 1.807) is 0 Å². The minimum absolute atomic E-state index is 0.0455. The number of alkyl halides is 3. The first-order valence-electron chi connectivity index (χ1n) is 4.25. The van der Waals surface area contributed by atoms with Gasteiger partial charge in [-0.15, -0.1) is 0 Å². The molecule has 0 saturated heterocycles. The van der Waals surface area contributed by atoms with Crippen LogP contribution >= 0.6 is 11.3 Å². The monoisotopic (exact) mass is 254 g/mol. The van der Waals surface area contributed by atoms with Crippen molar-refractivity contribution in [2.45, 2.75) is 12.7 Å². The summed E-state index contributed by atoms with van der Waals surface area (Å²) < 4.78 is 36.0. The summed E-state index contributed by atoms with van der Waals surface area (Å²) in [6.45, 7) is -0.986. The summed E-state index contributed by atoms with van der Waals surface area (Å²) in [5.74, 6) is 0. The van der Waals surface area contributed by atoms with E-state index in [2.05, 4.69) is 0 Å². The van der Waals surface area contributed by atoms with Crippen LogP contribution in [0.1, 0.15) is 5.56 Å². The highest BCUT2D eigenvalue weighted by Crippen LogP contribution is 2.24. The van der Waals surface area contributed by atoms with Gasteiger partial charge in [0.25, 0.3) is 0 Å². The van der Waals surface area contributed by atoms with Crippen molar-refractivity contribution in [3.63, 3.8) is 0 Å². The van der Waals surface area contributed by atoms with E-state index in [9.17, 15) is 23.3 Å². The highest BCUT2D eigenvalue weighted by molar-refractivity contribution is 7.13. The Morgan fingerprint density at radius 3 is 2.62 bits per heavy atom. The van der Waals surface area contributed by atoms with E-state index in [4.69, 9.17) is 0 Å². The highest BCUT2D eigenvalue weighted by atomic mass is 32.1. The van der Waals surface area contributed by atoms with Crippen LogP contribution < -0.4 is 0 Å². The Balaban J connectivity index is 2.56. The second-order valence-electron chi connectivity index (χ2n) is 3.34. The lowest BCUT2D eigenvalue weighted by molar-refractivity contribution is -0.380. The molecular weight excluding hydrogens is 245 g/mol. The van der Waals surface area contributed by atoms with Crippen LogP contribution in [-0.2, 0) is 6.54 Å². The molecule has 0 amide bonds. The first-order chi connectivity index (χ1) is 7.28. The number of hydrogen-bond donors (Lipinski definition) is 0. The lowest BCUT2D eigenvalue weighted by Gasteiger charge is -2.17. The fraction of sp³-hybridized carbons (Fsp3) is 0.500. The lowest BCUT2D eigenvalue weighted by Crippen LogP contribution is -2.30. The Hall–Kier alpha value is -1.15. The van der Waals surface area contributed by atoms with Gasteiger partial charge < -0.3 is 0 Å². The zero-order valence-electron chi connectivity index (χ0n) is 8.32. The number of nitro groups is 1. The summed E-state index contributed by atoms with van der Waals surface area (Å²) in [4.78, 5) is 10.9. The quantitative estimate of drug-likeness (QED) is 0.613. The number of nitrogens with zero attached hydrogens (tertiary/aromatic N) is 2. The Bertz CT molecular complexity index is 378. The maximum atomic E-state index is 12.0. The van der Waals surface area contributed by atoms with Crippen LogP contribution in [0.2, 0.25) is 0 Å². The second kappa shape index (κ2) is 4.79. The van der Waals surface area contributed by atoms with Gasteiger partial charge in [0.15, 0.2) is 0 Å². The minimum Gasteiger partial charge on any atom is -0.294 e. The predicted molar refractivity (Wildman–Crippen MR) is 53.4 cm³/mol. The summed E-state index contributed by atoms with van der Waals surface area (Å²) in [5.41, 5.74) is 0.517. The molecule has 16 heavy (non-hydrogen) atoms. The van der Waals surface area contributed by atoms with Crippen molar-refractivity contribution >= 4 is 16.3 Å². The highest BCUT2D eigenvalue weighted by Gasteiger charge is 2.29. The largest absolute Gasteiger partial charge is 0.401 e. The molecule has 0 fully saturated rings. The number of thiophene rings is 1. The average Bonchev–Trinajstić information content (AvgIpc) is 2.48. The smallest absolute Gasteiger partial charge is 0.294 e. The van der Waals surface area contributed by atoms with Gasteiger partial charge in [-0.1, -0.05) is 11.3 Å². The summed E-state index contributed by atoms with van der Waals surface area (Å²) in [5, 5.41) is 11.8. The van der Waals surface area contributed by atoms with Gasteiger partial charge in [-0.2, -0.15) is 13.2 Å². The van der Waals surface area contributed by atoms with Gasteiger partial charge in [0.05, 0.1) is 11.5 Å². The first kappa shape index (κ1) is 12.9. The number of rotatable bonds is 4. The predicted octanol–water partition coefficient (Wildman–Crippen LogP) is 2.65. The molecule has 4 nitrogen and oxygen atoms in total. The molecule has 0 spiro atoms. The van der Waals surface area contributed by atoms with Crippen molar-refractivity contribution in [1.82, 2.24) is 4.90 Å². The summed E-state index contributed by atoms with van der Waals surface area (Å²) in [6.07, 6.45) is -4.25. The van der Waals surface area contributed by atoms with E-state index in [0.29, 0.717) is 5.56 Å². The topological polar surface area (TPSA) is 46.4 Å². The average molecular weight is 254 g/mol. The molecule has 0 radical (unpaired) electrons. The Morgan fingerprint density at radius 1 is 1.56 bits per heavy atom. The van der Waals surface area contributed by atoms with Crippen molar-refractivity contribution in [3.05, 3.63) is 27.1 Å². The summed E-state index contributed by atoms with van der Waals surface area (Å²) in [7, 11) is 1.32. The van der Waals surface area contributed by atoms with Gasteiger partial charge in [0.2, 0.25) is 0 Å². The molecular formula is C8H9F3N2O2S. The maximum Gasteiger partial charge on any atom is 0.401 e. The number of halogens is 3. The van der Waals surface area contributed by atoms with Crippen LogP contribution in [0.3, 0.4) is 0 Å². The molecule has 1 heterocycles. The van der Waals surface area contributed by atoms with E-state index in [-0.39, 0.29) is 11.5 Å². The van der Waals surface area contributed by atoms with Gasteiger partial charge in [0.1, 0.15) is 0 Å². The van der Waals surface area contributed by atoms with E-state index >= 15 is 0 Å². The Labute approximate surface area is 93.4 Å². The van der Waals surface area contributed by atoms with Crippen molar-refractivity contribution in [1.29, 1.82) is 0 Å². The van der Waals surface area contributed by atoms with E-state index in [1.165, 1.54) is 18.5 Å². The molecule has 0 aromatic carbocycles. The van der Waals surface area contributed by atoms with Crippen LogP contribution in [0.4, 0.5) is 18.2 Å². The molecule has 8 heteroatoms. The molecule has 0 atom stereocenters. The van der Waals surface area contributed by atoms with Gasteiger partial charge in [-0.25, -0.2) is 0 Å². The fourth-order valence-corrected chi connectivity index (χ4v) is 1.94. The fourth-order valence-electron chi connectivity index (χ4n) is 1.21. The molecule has 1 rings (SSSR count). The molecule has 0 aliphatic carbocycles. The molecule has 1 aromatic rings. The minimum atomic E-state index is -4.25. The summed E-state index contributed by atoms with van der Waals surface area (Å²) >= 11 is 0.911. The van der Waals surface area contributed by atoms with E-state index in [0.717, 1.165) is 16.2 Å².